The number of methoxy groups -OCH3 is 1. The van der Waals surface area contributed by atoms with Gasteiger partial charge < -0.3 is 10.1 Å². The van der Waals surface area contributed by atoms with E-state index in [1.807, 2.05) is 24.3 Å². The minimum atomic E-state index is -0.344. The smallest absolute Gasteiger partial charge is 0.252 e. The van der Waals surface area contributed by atoms with Crippen molar-refractivity contribution in [1.29, 1.82) is 0 Å². The predicted octanol–water partition coefficient (Wildman–Crippen LogP) is 3.80. The molecule has 29 heavy (non-hydrogen) atoms. The fourth-order valence-electron chi connectivity index (χ4n) is 3.40. The van der Waals surface area contributed by atoms with Gasteiger partial charge in [-0.1, -0.05) is 35.9 Å². The first kappa shape index (κ1) is 19.4. The van der Waals surface area contributed by atoms with Crippen LogP contribution in [0.4, 0.5) is 16.3 Å². The Hall–Kier alpha value is -2.97. The number of hydrogen-bond acceptors (Lipinski definition) is 5. The maximum Gasteiger partial charge on any atom is 0.252 e. The Morgan fingerprint density at radius 3 is 2.62 bits per heavy atom. The number of rotatable bonds is 5. The molecule has 2 atom stereocenters. The van der Waals surface area contributed by atoms with Crippen LogP contribution in [-0.4, -0.2) is 34.4 Å². The molecule has 4 rings (SSSR count). The maximum absolute atomic E-state index is 13.4. The molecule has 0 fully saturated rings. The van der Waals surface area contributed by atoms with E-state index >= 15 is 0 Å². The summed E-state index contributed by atoms with van der Waals surface area (Å²) in [5.74, 6) is 0.0444. The van der Waals surface area contributed by atoms with Crippen molar-refractivity contribution in [2.45, 2.75) is 18.5 Å². The highest BCUT2D eigenvalue weighted by molar-refractivity contribution is 6.30. The standard InChI is InChI=1S/C20H19ClFN5O2/c1-29-11-18(28)24-19-25-20-23-16(12-2-6-14(21)7-3-12)10-17(27(20)26-19)13-4-8-15(22)9-5-13/h2-9,16-17H,10-11H2,1H3,(H2,23,24,25,26,28). The molecule has 0 aliphatic carbocycles. The lowest BCUT2D eigenvalue weighted by Crippen LogP contribution is -2.28. The van der Waals surface area contributed by atoms with Gasteiger partial charge >= 0.3 is 0 Å². The first-order valence-electron chi connectivity index (χ1n) is 9.06. The molecule has 0 radical (unpaired) electrons. The van der Waals surface area contributed by atoms with Gasteiger partial charge in [-0.3, -0.25) is 10.1 Å². The number of halogens is 2. The maximum atomic E-state index is 13.4. The predicted molar refractivity (Wildman–Crippen MR) is 107 cm³/mol. The van der Waals surface area contributed by atoms with Crippen LogP contribution in [0.5, 0.6) is 0 Å². The van der Waals surface area contributed by atoms with Crippen LogP contribution in [0.2, 0.25) is 5.02 Å². The van der Waals surface area contributed by atoms with Gasteiger partial charge in [0.15, 0.2) is 0 Å². The summed E-state index contributed by atoms with van der Waals surface area (Å²) in [5.41, 5.74) is 1.94. The molecule has 1 aromatic heterocycles. The van der Waals surface area contributed by atoms with E-state index in [2.05, 4.69) is 20.7 Å². The van der Waals surface area contributed by atoms with Gasteiger partial charge in [0.2, 0.25) is 5.95 Å². The molecule has 9 heteroatoms. The van der Waals surface area contributed by atoms with Crippen molar-refractivity contribution in [3.63, 3.8) is 0 Å². The third-order valence-corrected chi connectivity index (χ3v) is 4.99. The van der Waals surface area contributed by atoms with Gasteiger partial charge in [-0.05, 0) is 41.8 Å². The summed E-state index contributed by atoms with van der Waals surface area (Å²) in [6, 6.07) is 13.7. The van der Waals surface area contributed by atoms with Gasteiger partial charge in [0, 0.05) is 12.1 Å². The quantitative estimate of drug-likeness (QED) is 0.662. The van der Waals surface area contributed by atoms with Gasteiger partial charge in [0.1, 0.15) is 12.4 Å². The number of nitrogens with zero attached hydrogens (tertiary/aromatic N) is 3. The van der Waals surface area contributed by atoms with Gasteiger partial charge in [-0.25, -0.2) is 9.07 Å². The van der Waals surface area contributed by atoms with E-state index in [4.69, 9.17) is 16.3 Å². The van der Waals surface area contributed by atoms with Gasteiger partial charge in [0.05, 0.1) is 12.1 Å². The molecular formula is C20H19ClFN5O2. The van der Waals surface area contributed by atoms with Gasteiger partial charge in [-0.2, -0.15) is 4.98 Å². The number of amides is 1. The zero-order chi connectivity index (χ0) is 20.4. The highest BCUT2D eigenvalue weighted by Gasteiger charge is 2.31. The van der Waals surface area contributed by atoms with Crippen molar-refractivity contribution in [3.8, 4) is 0 Å². The van der Waals surface area contributed by atoms with Crippen molar-refractivity contribution in [2.75, 3.05) is 24.4 Å². The van der Waals surface area contributed by atoms with E-state index in [0.717, 1.165) is 11.1 Å². The second-order valence-electron chi connectivity index (χ2n) is 6.74. The van der Waals surface area contributed by atoms with E-state index in [1.165, 1.54) is 19.2 Å². The first-order valence-corrected chi connectivity index (χ1v) is 9.44. The fourth-order valence-corrected chi connectivity index (χ4v) is 3.52. The van der Waals surface area contributed by atoms with E-state index in [9.17, 15) is 9.18 Å². The van der Waals surface area contributed by atoms with Crippen molar-refractivity contribution in [3.05, 3.63) is 70.5 Å². The molecule has 0 saturated heterocycles. The largest absolute Gasteiger partial charge is 0.375 e. The van der Waals surface area contributed by atoms with Crippen LogP contribution in [0, 0.1) is 5.82 Å². The topological polar surface area (TPSA) is 81.1 Å². The molecular weight excluding hydrogens is 397 g/mol. The Balaban J connectivity index is 1.69. The van der Waals surface area contributed by atoms with Crippen LogP contribution >= 0.6 is 11.6 Å². The SMILES string of the molecule is COCC(=O)Nc1nc2n(n1)C(c1ccc(F)cc1)CC(c1ccc(Cl)cc1)N2. The van der Waals surface area contributed by atoms with Gasteiger partial charge in [0.25, 0.3) is 11.9 Å². The second kappa shape index (κ2) is 8.18. The summed E-state index contributed by atoms with van der Waals surface area (Å²) in [7, 11) is 1.44. The number of benzene rings is 2. The van der Waals surface area contributed by atoms with E-state index in [-0.39, 0.29) is 36.4 Å². The lowest BCUT2D eigenvalue weighted by atomic mass is 9.93. The molecule has 2 unspecified atom stereocenters. The molecule has 0 saturated carbocycles. The van der Waals surface area contributed by atoms with Crippen LogP contribution in [0.25, 0.3) is 0 Å². The number of aromatic nitrogens is 3. The van der Waals surface area contributed by atoms with Gasteiger partial charge in [-0.15, -0.1) is 5.10 Å². The first-order chi connectivity index (χ1) is 14.0. The summed E-state index contributed by atoms with van der Waals surface area (Å²) < 4.78 is 20.0. The molecule has 2 N–H and O–H groups in total. The molecule has 1 amide bonds. The summed E-state index contributed by atoms with van der Waals surface area (Å²) in [4.78, 5) is 16.2. The Morgan fingerprint density at radius 1 is 1.24 bits per heavy atom. The van der Waals surface area contributed by atoms with Crippen LogP contribution < -0.4 is 10.6 Å². The Morgan fingerprint density at radius 2 is 1.93 bits per heavy atom. The molecule has 150 valence electrons. The summed E-state index contributed by atoms with van der Waals surface area (Å²) in [6.45, 7) is -0.0912. The molecule has 1 aliphatic rings. The lowest BCUT2D eigenvalue weighted by molar-refractivity contribution is -0.119. The molecule has 0 bridgehead atoms. The van der Waals surface area contributed by atoms with E-state index in [0.29, 0.717) is 17.4 Å². The number of nitrogens with one attached hydrogen (secondary N) is 2. The van der Waals surface area contributed by atoms with E-state index < -0.39 is 0 Å². The monoisotopic (exact) mass is 415 g/mol. The van der Waals surface area contributed by atoms with Crippen molar-refractivity contribution < 1.29 is 13.9 Å². The third-order valence-electron chi connectivity index (χ3n) is 4.74. The number of fused-ring (bicyclic) bond motifs is 1. The summed E-state index contributed by atoms with van der Waals surface area (Å²) in [5, 5.41) is 11.1. The average molecular weight is 416 g/mol. The van der Waals surface area contributed by atoms with Crippen LogP contribution in [0.15, 0.2) is 48.5 Å². The van der Waals surface area contributed by atoms with Crippen LogP contribution in [-0.2, 0) is 9.53 Å². The Labute approximate surface area is 171 Å². The normalized spacial score (nSPS) is 18.0. The molecule has 1 aliphatic heterocycles. The number of carbonyl (C=O) groups is 1. The van der Waals surface area contributed by atoms with E-state index in [1.54, 1.807) is 16.8 Å². The number of ether oxygens (including phenoxy) is 1. The van der Waals surface area contributed by atoms with Crippen LogP contribution in [0.1, 0.15) is 29.6 Å². The number of anilines is 2. The average Bonchev–Trinajstić information content (AvgIpc) is 3.11. The number of hydrogen-bond donors (Lipinski definition) is 2. The zero-order valence-corrected chi connectivity index (χ0v) is 16.4. The minimum absolute atomic E-state index is 0.0541. The van der Waals surface area contributed by atoms with Crippen molar-refractivity contribution in [2.24, 2.45) is 0 Å². The highest BCUT2D eigenvalue weighted by Crippen LogP contribution is 2.38. The van der Waals surface area contributed by atoms with Crippen LogP contribution in [0.3, 0.4) is 0 Å². The third kappa shape index (κ3) is 4.23. The van der Waals surface area contributed by atoms with Crippen molar-refractivity contribution >= 4 is 29.4 Å². The lowest BCUT2D eigenvalue weighted by Gasteiger charge is -2.31. The number of carbonyl (C=O) groups excluding carboxylic acids is 1. The molecule has 2 aromatic carbocycles. The Kier molecular flexibility index (Phi) is 5.46. The van der Waals surface area contributed by atoms with Crippen molar-refractivity contribution in [1.82, 2.24) is 14.8 Å². The zero-order valence-electron chi connectivity index (χ0n) is 15.6. The fraction of sp³-hybridized carbons (Fsp3) is 0.250. The second-order valence-corrected chi connectivity index (χ2v) is 7.17. The molecule has 3 aromatic rings. The molecule has 2 heterocycles. The summed E-state index contributed by atoms with van der Waals surface area (Å²) in [6.07, 6.45) is 0.662. The minimum Gasteiger partial charge on any atom is -0.375 e. The molecule has 0 spiro atoms. The Bertz CT molecular complexity index is 1010. The highest BCUT2D eigenvalue weighted by atomic mass is 35.5. The summed E-state index contributed by atoms with van der Waals surface area (Å²) >= 11 is 6.02. The molecule has 7 nitrogen and oxygen atoms in total.